The molecule has 0 bridgehead atoms. The van der Waals surface area contributed by atoms with Crippen molar-refractivity contribution in [3.63, 3.8) is 0 Å². The summed E-state index contributed by atoms with van der Waals surface area (Å²) in [5, 5.41) is 0. The van der Waals surface area contributed by atoms with E-state index >= 15 is 0 Å². The van der Waals surface area contributed by atoms with Gasteiger partial charge in [0.15, 0.2) is 8.30 Å². The van der Waals surface area contributed by atoms with Gasteiger partial charge in [-0.05, 0) is 27.8 Å². The average Bonchev–Trinajstić information content (AvgIpc) is 1.62. The summed E-state index contributed by atoms with van der Waals surface area (Å²) in [5.74, 6) is 0. The largest absolute Gasteiger partial charge is 0.318 e. The second kappa shape index (κ2) is 2.99. The fourth-order valence-electron chi connectivity index (χ4n) is 0.179. The summed E-state index contributed by atoms with van der Waals surface area (Å²) in [4.78, 5) is 0. The van der Waals surface area contributed by atoms with E-state index in [0.717, 1.165) is 0 Å². The molecule has 0 fully saturated rings. The molecule has 0 saturated carbocycles. The van der Waals surface area contributed by atoms with Crippen molar-refractivity contribution < 1.29 is 0 Å². The number of nitrogens with zero attached hydrogens (tertiary/aromatic N) is 1. The van der Waals surface area contributed by atoms with Gasteiger partial charge in [0.1, 0.15) is 0 Å². The third kappa shape index (κ3) is 2.84. The van der Waals surface area contributed by atoms with E-state index in [1.807, 2.05) is 0 Å². The highest BCUT2D eigenvalue weighted by atomic mass is 79.9. The highest BCUT2D eigenvalue weighted by Crippen LogP contribution is 2.08. The Balaban J connectivity index is 3.62. The molecular formula is C5H14BrNSi. The first-order chi connectivity index (χ1) is 3.48. The molecule has 0 aliphatic heterocycles. The van der Waals surface area contributed by atoms with Crippen LogP contribution in [0.25, 0.3) is 0 Å². The highest BCUT2D eigenvalue weighted by Gasteiger charge is 2.14. The zero-order valence-corrected chi connectivity index (χ0v) is 9.03. The van der Waals surface area contributed by atoms with Crippen molar-refractivity contribution in [1.29, 1.82) is 0 Å². The Labute approximate surface area is 61.9 Å². The monoisotopic (exact) mass is 195 g/mol. The lowest BCUT2D eigenvalue weighted by molar-refractivity contribution is 0.305. The van der Waals surface area contributed by atoms with Crippen molar-refractivity contribution in [3.8, 4) is 0 Å². The number of rotatable bonds is 1. The molecule has 0 radical (unpaired) electrons. The molecule has 0 amide bonds. The van der Waals surface area contributed by atoms with Crippen molar-refractivity contribution in [1.82, 2.24) is 4.57 Å². The predicted molar refractivity (Wildman–Crippen MR) is 45.0 cm³/mol. The number of hydrogen-bond donors (Lipinski definition) is 0. The van der Waals surface area contributed by atoms with E-state index in [2.05, 4.69) is 47.7 Å². The van der Waals surface area contributed by atoms with Crippen LogP contribution in [0.15, 0.2) is 0 Å². The van der Waals surface area contributed by atoms with E-state index < -0.39 is 0 Å². The fourth-order valence-corrected chi connectivity index (χ4v) is 2.79. The minimum Gasteiger partial charge on any atom is -0.318 e. The molecule has 0 aromatic heterocycles. The Hall–Kier alpha value is 0.657. The maximum absolute atomic E-state index is 3.52. The van der Waals surface area contributed by atoms with Gasteiger partial charge in [-0.25, -0.2) is 0 Å². The molecule has 0 saturated heterocycles. The Morgan fingerprint density at radius 1 is 1.38 bits per heavy atom. The Kier molecular flexibility index (Phi) is 3.23. The summed E-state index contributed by atoms with van der Waals surface area (Å²) in [6.45, 7) is 6.67. The van der Waals surface area contributed by atoms with E-state index in [0.29, 0.717) is 5.54 Å². The normalized spacial score (nSPS) is 14.2. The molecule has 0 rings (SSSR count). The van der Waals surface area contributed by atoms with Crippen LogP contribution in [0.1, 0.15) is 20.8 Å². The van der Waals surface area contributed by atoms with Gasteiger partial charge in [0.25, 0.3) is 0 Å². The molecule has 0 aliphatic carbocycles. The van der Waals surface area contributed by atoms with Gasteiger partial charge in [0.2, 0.25) is 0 Å². The van der Waals surface area contributed by atoms with Crippen molar-refractivity contribution in [3.05, 3.63) is 0 Å². The van der Waals surface area contributed by atoms with E-state index in [1.54, 1.807) is 0 Å². The maximum atomic E-state index is 3.52. The Morgan fingerprint density at radius 3 is 1.75 bits per heavy atom. The Morgan fingerprint density at radius 2 is 1.75 bits per heavy atom. The summed E-state index contributed by atoms with van der Waals surface area (Å²) in [5.41, 5.74) is 0.357. The molecule has 0 aliphatic rings. The first-order valence-corrected chi connectivity index (χ1v) is 7.29. The minimum absolute atomic E-state index is 0.120. The summed E-state index contributed by atoms with van der Waals surface area (Å²) in [6, 6.07) is 0. The highest BCUT2D eigenvalue weighted by molar-refractivity contribution is 9.23. The molecule has 0 heterocycles. The van der Waals surface area contributed by atoms with Crippen molar-refractivity contribution in [2.45, 2.75) is 26.3 Å². The summed E-state index contributed by atoms with van der Waals surface area (Å²) >= 11 is 3.52. The second-order valence-corrected chi connectivity index (χ2v) is 5.68. The summed E-state index contributed by atoms with van der Waals surface area (Å²) < 4.78 is 2.37. The van der Waals surface area contributed by atoms with Crippen LogP contribution in [0.4, 0.5) is 0 Å². The van der Waals surface area contributed by atoms with Gasteiger partial charge in [-0.3, -0.25) is 0 Å². The molecule has 8 heavy (non-hydrogen) atoms. The molecule has 0 unspecified atom stereocenters. The quantitative estimate of drug-likeness (QED) is 0.448. The topological polar surface area (TPSA) is 3.24 Å². The van der Waals surface area contributed by atoms with Crippen LogP contribution in [-0.2, 0) is 0 Å². The van der Waals surface area contributed by atoms with Gasteiger partial charge in [0.05, 0.1) is 0 Å². The van der Waals surface area contributed by atoms with Gasteiger partial charge in [0, 0.05) is 5.54 Å². The number of halogens is 1. The van der Waals surface area contributed by atoms with Crippen LogP contribution in [0.2, 0.25) is 0 Å². The second-order valence-electron chi connectivity index (χ2n) is 2.99. The van der Waals surface area contributed by atoms with Crippen LogP contribution in [0, 0.1) is 0 Å². The van der Waals surface area contributed by atoms with Crippen molar-refractivity contribution in [2.24, 2.45) is 0 Å². The van der Waals surface area contributed by atoms with Crippen molar-refractivity contribution in [2.75, 3.05) is 7.05 Å². The fraction of sp³-hybridized carbons (Fsp3) is 1.00. The lowest BCUT2D eigenvalue weighted by atomic mass is 10.1. The zero-order valence-electron chi connectivity index (χ0n) is 6.03. The van der Waals surface area contributed by atoms with E-state index in [-0.39, 0.29) is 8.30 Å². The van der Waals surface area contributed by atoms with Crippen LogP contribution in [0.3, 0.4) is 0 Å². The molecule has 3 heteroatoms. The van der Waals surface area contributed by atoms with Crippen LogP contribution in [-0.4, -0.2) is 25.5 Å². The molecule has 0 spiro atoms. The molecule has 0 N–H and O–H groups in total. The molecule has 0 atom stereocenters. The maximum Gasteiger partial charge on any atom is 0.171 e. The van der Waals surface area contributed by atoms with E-state index in [4.69, 9.17) is 0 Å². The molecule has 0 aromatic rings. The lowest BCUT2D eigenvalue weighted by Gasteiger charge is -2.29. The van der Waals surface area contributed by atoms with Gasteiger partial charge in [-0.15, -0.1) is 15.3 Å². The van der Waals surface area contributed by atoms with E-state index in [1.165, 1.54) is 0 Å². The van der Waals surface area contributed by atoms with Gasteiger partial charge >= 0.3 is 0 Å². The number of hydrogen-bond acceptors (Lipinski definition) is 1. The molecule has 1 nitrogen and oxygen atoms in total. The standard InChI is InChI=1S/C5H14BrNSi/c1-5(2,3)7(4)8-6/h8H2,1-4H3. The molecule has 0 aromatic carbocycles. The van der Waals surface area contributed by atoms with E-state index in [9.17, 15) is 0 Å². The van der Waals surface area contributed by atoms with Crippen LogP contribution >= 0.6 is 15.3 Å². The van der Waals surface area contributed by atoms with Crippen molar-refractivity contribution >= 4 is 23.6 Å². The average molecular weight is 196 g/mol. The Bertz CT molecular complexity index is 69.3. The predicted octanol–water partition coefficient (Wildman–Crippen LogP) is 1.11. The third-order valence-electron chi connectivity index (χ3n) is 1.32. The zero-order chi connectivity index (χ0) is 6.78. The smallest absolute Gasteiger partial charge is 0.171 e. The lowest BCUT2D eigenvalue weighted by Crippen LogP contribution is -2.38. The minimum atomic E-state index is -0.120. The first kappa shape index (κ1) is 8.66. The summed E-state index contributed by atoms with van der Waals surface area (Å²) in [6.07, 6.45) is 0. The molecule has 50 valence electrons. The van der Waals surface area contributed by atoms with Crippen LogP contribution in [0.5, 0.6) is 0 Å². The van der Waals surface area contributed by atoms with Gasteiger partial charge in [-0.2, -0.15) is 0 Å². The SMILES string of the molecule is CN([SiH2]Br)C(C)(C)C. The van der Waals surface area contributed by atoms with Crippen LogP contribution < -0.4 is 0 Å². The third-order valence-corrected chi connectivity index (χ3v) is 4.89. The first-order valence-electron chi connectivity index (χ1n) is 2.75. The van der Waals surface area contributed by atoms with Gasteiger partial charge < -0.3 is 4.57 Å². The summed E-state index contributed by atoms with van der Waals surface area (Å²) in [7, 11) is 2.03. The molecular weight excluding hydrogens is 182 g/mol. The van der Waals surface area contributed by atoms with Gasteiger partial charge in [-0.1, -0.05) is 0 Å².